The Morgan fingerprint density at radius 1 is 1.18 bits per heavy atom. The van der Waals surface area contributed by atoms with Crippen LogP contribution >= 0.6 is 0 Å². The van der Waals surface area contributed by atoms with E-state index in [4.69, 9.17) is 10.5 Å². The lowest BCUT2D eigenvalue weighted by Crippen LogP contribution is -2.24. The van der Waals surface area contributed by atoms with Gasteiger partial charge in [-0.1, -0.05) is 12.1 Å². The molecule has 2 aromatic carbocycles. The molecular formula is C19H24N2O. The second kappa shape index (κ2) is 6.01. The molecule has 1 heterocycles. The van der Waals surface area contributed by atoms with Gasteiger partial charge < -0.3 is 15.4 Å². The monoisotopic (exact) mass is 296 g/mol. The number of benzene rings is 2. The second-order valence-electron chi connectivity index (χ2n) is 6.12. The summed E-state index contributed by atoms with van der Waals surface area (Å²) >= 11 is 0. The summed E-state index contributed by atoms with van der Waals surface area (Å²) in [7, 11) is 3.88. The number of aryl methyl sites for hydroxylation is 1. The highest BCUT2D eigenvalue weighted by Gasteiger charge is 2.16. The lowest BCUT2D eigenvalue weighted by molar-refractivity contribution is 0.416. The Hall–Kier alpha value is -2.00. The van der Waals surface area contributed by atoms with E-state index in [1.807, 2.05) is 19.1 Å². The largest absolute Gasteiger partial charge is 0.496 e. The molecule has 1 aliphatic rings. The maximum absolute atomic E-state index is 6.03. The van der Waals surface area contributed by atoms with Gasteiger partial charge in [0.25, 0.3) is 0 Å². The maximum atomic E-state index is 6.03. The van der Waals surface area contributed by atoms with E-state index in [2.05, 4.69) is 36.2 Å². The molecule has 0 bridgehead atoms. The third kappa shape index (κ3) is 2.69. The van der Waals surface area contributed by atoms with E-state index in [-0.39, 0.29) is 6.04 Å². The lowest BCUT2D eigenvalue weighted by Gasteiger charge is -2.28. The second-order valence-corrected chi connectivity index (χ2v) is 6.12. The van der Waals surface area contributed by atoms with Crippen LogP contribution in [0.15, 0.2) is 36.4 Å². The Balaban J connectivity index is 2.08. The molecule has 0 amide bonds. The van der Waals surface area contributed by atoms with Crippen molar-refractivity contribution in [1.29, 1.82) is 0 Å². The Morgan fingerprint density at radius 3 is 2.73 bits per heavy atom. The SMILES string of the molecule is COc1ccc(C(C)N)cc1-c1ccc2c(c1)CCCN2C. The molecule has 1 aliphatic heterocycles. The number of rotatable bonds is 3. The fourth-order valence-corrected chi connectivity index (χ4v) is 3.19. The van der Waals surface area contributed by atoms with Crippen molar-refractivity contribution in [1.82, 2.24) is 0 Å². The van der Waals surface area contributed by atoms with Crippen LogP contribution in [0.25, 0.3) is 11.1 Å². The van der Waals surface area contributed by atoms with Gasteiger partial charge in [0, 0.05) is 30.9 Å². The van der Waals surface area contributed by atoms with Crippen LogP contribution in [-0.4, -0.2) is 20.7 Å². The number of anilines is 1. The van der Waals surface area contributed by atoms with Crippen LogP contribution in [0.5, 0.6) is 5.75 Å². The fraction of sp³-hybridized carbons (Fsp3) is 0.368. The Bertz CT molecular complexity index is 679. The minimum absolute atomic E-state index is 0.0217. The van der Waals surface area contributed by atoms with Gasteiger partial charge in [0.2, 0.25) is 0 Å². The summed E-state index contributed by atoms with van der Waals surface area (Å²) < 4.78 is 5.55. The smallest absolute Gasteiger partial charge is 0.126 e. The van der Waals surface area contributed by atoms with Crippen LogP contribution in [0, 0.1) is 0 Å². The van der Waals surface area contributed by atoms with Crippen LogP contribution in [-0.2, 0) is 6.42 Å². The molecular weight excluding hydrogens is 272 g/mol. The molecule has 2 N–H and O–H groups in total. The van der Waals surface area contributed by atoms with Crippen molar-refractivity contribution < 1.29 is 4.74 Å². The summed E-state index contributed by atoms with van der Waals surface area (Å²) in [5.74, 6) is 0.897. The van der Waals surface area contributed by atoms with Crippen LogP contribution in [0.2, 0.25) is 0 Å². The number of hydrogen-bond acceptors (Lipinski definition) is 3. The van der Waals surface area contributed by atoms with Crippen LogP contribution in [0.3, 0.4) is 0 Å². The van der Waals surface area contributed by atoms with Crippen LogP contribution in [0.1, 0.15) is 30.5 Å². The van der Waals surface area contributed by atoms with Gasteiger partial charge in [-0.3, -0.25) is 0 Å². The molecule has 1 atom stereocenters. The quantitative estimate of drug-likeness (QED) is 0.937. The van der Waals surface area contributed by atoms with Gasteiger partial charge in [0.1, 0.15) is 5.75 Å². The average Bonchev–Trinajstić information content (AvgIpc) is 2.54. The lowest BCUT2D eigenvalue weighted by atomic mass is 9.94. The van der Waals surface area contributed by atoms with Crippen molar-refractivity contribution in [2.45, 2.75) is 25.8 Å². The molecule has 116 valence electrons. The van der Waals surface area contributed by atoms with E-state index in [0.717, 1.165) is 29.8 Å². The fourth-order valence-electron chi connectivity index (χ4n) is 3.19. The molecule has 0 fully saturated rings. The first kappa shape index (κ1) is 14.9. The third-order valence-corrected chi connectivity index (χ3v) is 4.49. The van der Waals surface area contributed by atoms with Crippen molar-refractivity contribution in [2.24, 2.45) is 5.73 Å². The summed E-state index contributed by atoms with van der Waals surface area (Å²) in [6, 6.07) is 12.9. The predicted octanol–water partition coefficient (Wildman–Crippen LogP) is 3.76. The molecule has 0 saturated heterocycles. The highest BCUT2D eigenvalue weighted by Crippen LogP contribution is 2.36. The minimum atomic E-state index is 0.0217. The molecule has 2 aromatic rings. The van der Waals surface area contributed by atoms with Crippen LogP contribution in [0.4, 0.5) is 5.69 Å². The standard InChI is InChI=1S/C19H24N2O/c1-13(20)14-7-9-19(22-3)17(12-14)15-6-8-18-16(11-15)5-4-10-21(18)2/h6-9,11-13H,4-5,10,20H2,1-3H3. The van der Waals surface area contributed by atoms with Gasteiger partial charge in [-0.25, -0.2) is 0 Å². The van der Waals surface area contributed by atoms with E-state index in [0.29, 0.717) is 0 Å². The topological polar surface area (TPSA) is 38.5 Å². The zero-order valence-electron chi connectivity index (χ0n) is 13.6. The van der Waals surface area contributed by atoms with Crippen molar-refractivity contribution in [2.75, 3.05) is 25.6 Å². The van der Waals surface area contributed by atoms with Gasteiger partial charge in [-0.15, -0.1) is 0 Å². The van der Waals surface area contributed by atoms with Gasteiger partial charge in [-0.2, -0.15) is 0 Å². The van der Waals surface area contributed by atoms with Gasteiger partial charge in [0.05, 0.1) is 7.11 Å². The van der Waals surface area contributed by atoms with Crippen molar-refractivity contribution in [3.8, 4) is 16.9 Å². The number of nitrogens with two attached hydrogens (primary N) is 1. The van der Waals surface area contributed by atoms with E-state index >= 15 is 0 Å². The van der Waals surface area contributed by atoms with Crippen molar-refractivity contribution in [3.63, 3.8) is 0 Å². The van der Waals surface area contributed by atoms with E-state index in [9.17, 15) is 0 Å². The summed E-state index contributed by atoms with van der Waals surface area (Å²) in [6.07, 6.45) is 2.35. The van der Waals surface area contributed by atoms with Crippen molar-refractivity contribution >= 4 is 5.69 Å². The minimum Gasteiger partial charge on any atom is -0.496 e. The Kier molecular flexibility index (Phi) is 4.08. The first-order valence-electron chi connectivity index (χ1n) is 7.88. The molecule has 3 heteroatoms. The molecule has 3 nitrogen and oxygen atoms in total. The van der Waals surface area contributed by atoms with E-state index in [1.165, 1.54) is 23.2 Å². The molecule has 22 heavy (non-hydrogen) atoms. The number of nitrogens with zero attached hydrogens (tertiary/aromatic N) is 1. The Morgan fingerprint density at radius 2 is 2.00 bits per heavy atom. The van der Waals surface area contributed by atoms with Crippen molar-refractivity contribution in [3.05, 3.63) is 47.5 Å². The molecule has 0 aliphatic carbocycles. The number of hydrogen-bond donors (Lipinski definition) is 1. The molecule has 0 spiro atoms. The summed E-state index contributed by atoms with van der Waals surface area (Å²) in [4.78, 5) is 2.33. The molecule has 0 aromatic heterocycles. The third-order valence-electron chi connectivity index (χ3n) is 4.49. The highest BCUT2D eigenvalue weighted by atomic mass is 16.5. The summed E-state index contributed by atoms with van der Waals surface area (Å²) in [5, 5.41) is 0. The maximum Gasteiger partial charge on any atom is 0.126 e. The van der Waals surface area contributed by atoms with Gasteiger partial charge in [-0.05, 0) is 60.7 Å². The summed E-state index contributed by atoms with van der Waals surface area (Å²) in [5.41, 5.74) is 12.2. The molecule has 0 radical (unpaired) electrons. The number of ether oxygens (including phenoxy) is 1. The predicted molar refractivity (Wildman–Crippen MR) is 92.6 cm³/mol. The van der Waals surface area contributed by atoms with E-state index < -0.39 is 0 Å². The number of methoxy groups -OCH3 is 1. The highest BCUT2D eigenvalue weighted by molar-refractivity contribution is 5.75. The summed E-state index contributed by atoms with van der Waals surface area (Å²) in [6.45, 7) is 3.14. The average molecular weight is 296 g/mol. The van der Waals surface area contributed by atoms with Gasteiger partial charge in [0.15, 0.2) is 0 Å². The normalized spacial score (nSPS) is 15.4. The zero-order valence-corrected chi connectivity index (χ0v) is 13.6. The number of fused-ring (bicyclic) bond motifs is 1. The molecule has 0 saturated carbocycles. The zero-order chi connectivity index (χ0) is 15.7. The molecule has 1 unspecified atom stereocenters. The van der Waals surface area contributed by atoms with E-state index in [1.54, 1.807) is 7.11 Å². The van der Waals surface area contributed by atoms with Gasteiger partial charge >= 0.3 is 0 Å². The Labute approximate surface area is 132 Å². The first-order chi connectivity index (χ1) is 10.6. The van der Waals surface area contributed by atoms with Crippen LogP contribution < -0.4 is 15.4 Å². The first-order valence-corrected chi connectivity index (χ1v) is 7.88. The molecule has 3 rings (SSSR count).